The summed E-state index contributed by atoms with van der Waals surface area (Å²) >= 11 is 0. The summed E-state index contributed by atoms with van der Waals surface area (Å²) in [5, 5.41) is 18.7. The van der Waals surface area contributed by atoms with Crippen molar-refractivity contribution in [3.8, 4) is 5.75 Å². The molecule has 5 heteroatoms. The number of carboxylic acid groups (broad SMARTS) is 1. The number of hydrogen-bond donors (Lipinski definition) is 2. The minimum Gasteiger partial charge on any atom is -0.491 e. The maximum Gasteiger partial charge on any atom is 0.307 e. The maximum absolute atomic E-state index is 12.1. The predicted molar refractivity (Wildman–Crippen MR) is 103 cm³/mol. The molecule has 0 heterocycles. The summed E-state index contributed by atoms with van der Waals surface area (Å²) in [7, 11) is 0. The van der Waals surface area contributed by atoms with Crippen LogP contribution in [0.15, 0.2) is 59.9 Å². The number of rotatable bonds is 11. The fourth-order valence-electron chi connectivity index (χ4n) is 3.03. The molecule has 0 fully saturated rings. The monoisotopic (exact) mass is 370 g/mol. The maximum atomic E-state index is 12.1. The molecule has 0 spiro atoms. The molecule has 0 amide bonds. The summed E-state index contributed by atoms with van der Waals surface area (Å²) in [5.74, 6) is -0.0537. The fraction of sp³-hybridized carbons (Fsp3) is 0.409. The lowest BCUT2D eigenvalue weighted by Gasteiger charge is -2.16. The number of carbonyl (C=O) groups is 2. The van der Waals surface area contributed by atoms with Gasteiger partial charge in [0, 0.05) is 12.3 Å². The average Bonchev–Trinajstić information content (AvgIpc) is 3.01. The zero-order valence-electron chi connectivity index (χ0n) is 15.3. The van der Waals surface area contributed by atoms with Crippen molar-refractivity contribution in [1.29, 1.82) is 0 Å². The van der Waals surface area contributed by atoms with Gasteiger partial charge in [0.05, 0.1) is 12.5 Å². The number of ether oxygens (including phenoxy) is 1. The van der Waals surface area contributed by atoms with E-state index >= 15 is 0 Å². The first-order valence-corrected chi connectivity index (χ1v) is 9.25. The highest BCUT2D eigenvalue weighted by Gasteiger charge is 2.26. The number of aliphatic hydroxyl groups is 1. The van der Waals surface area contributed by atoms with Gasteiger partial charge in [-0.05, 0) is 50.0 Å². The van der Waals surface area contributed by atoms with Crippen LogP contribution in [0.2, 0.25) is 0 Å². The van der Waals surface area contributed by atoms with Gasteiger partial charge in [0.1, 0.15) is 18.1 Å². The van der Waals surface area contributed by atoms with Crippen LogP contribution in [0.25, 0.3) is 0 Å². The van der Waals surface area contributed by atoms with Crippen LogP contribution in [-0.4, -0.2) is 34.7 Å². The van der Waals surface area contributed by atoms with Gasteiger partial charge in [-0.3, -0.25) is 9.59 Å². The van der Waals surface area contributed by atoms with Crippen LogP contribution >= 0.6 is 0 Å². The van der Waals surface area contributed by atoms with E-state index in [-0.39, 0.29) is 24.7 Å². The van der Waals surface area contributed by atoms with E-state index in [0.717, 1.165) is 11.3 Å². The second kappa shape index (κ2) is 11.2. The Kier molecular flexibility index (Phi) is 8.56. The summed E-state index contributed by atoms with van der Waals surface area (Å²) in [6.45, 7) is 0.229. The molecule has 1 aromatic carbocycles. The Labute approximate surface area is 159 Å². The van der Waals surface area contributed by atoms with Crippen LogP contribution in [0.1, 0.15) is 38.5 Å². The van der Waals surface area contributed by atoms with Crippen molar-refractivity contribution in [3.05, 3.63) is 59.9 Å². The largest absolute Gasteiger partial charge is 0.491 e. The molecule has 0 saturated carbocycles. The fourth-order valence-corrected chi connectivity index (χ4v) is 3.03. The lowest BCUT2D eigenvalue weighted by Crippen LogP contribution is -2.18. The first-order chi connectivity index (χ1) is 13.1. The smallest absolute Gasteiger partial charge is 0.307 e. The molecule has 0 aliphatic heterocycles. The van der Waals surface area contributed by atoms with Crippen LogP contribution in [0.5, 0.6) is 5.75 Å². The molecular formula is C22H26O5. The van der Waals surface area contributed by atoms with Gasteiger partial charge in [-0.15, -0.1) is 5.73 Å². The molecule has 1 aromatic rings. The van der Waals surface area contributed by atoms with Crippen LogP contribution < -0.4 is 4.74 Å². The van der Waals surface area contributed by atoms with Crippen molar-refractivity contribution in [2.45, 2.75) is 44.6 Å². The minimum atomic E-state index is -0.887. The molecule has 1 aliphatic carbocycles. The van der Waals surface area contributed by atoms with Crippen LogP contribution in [0.4, 0.5) is 0 Å². The third kappa shape index (κ3) is 7.65. The zero-order chi connectivity index (χ0) is 19.5. The van der Waals surface area contributed by atoms with Crippen molar-refractivity contribution in [1.82, 2.24) is 0 Å². The molecule has 2 N–H and O–H groups in total. The quantitative estimate of drug-likeness (QED) is 0.458. The van der Waals surface area contributed by atoms with Crippen molar-refractivity contribution >= 4 is 11.8 Å². The molecule has 1 aliphatic rings. The number of ketones is 1. The summed E-state index contributed by atoms with van der Waals surface area (Å²) < 4.78 is 5.56. The topological polar surface area (TPSA) is 83.8 Å². The second-order valence-corrected chi connectivity index (χ2v) is 6.57. The van der Waals surface area contributed by atoms with E-state index in [9.17, 15) is 14.7 Å². The summed E-state index contributed by atoms with van der Waals surface area (Å²) in [6, 6.07) is 9.36. The summed E-state index contributed by atoms with van der Waals surface area (Å²) in [6.07, 6.45) is 7.63. The molecule has 0 saturated heterocycles. The van der Waals surface area contributed by atoms with Crippen molar-refractivity contribution in [3.63, 3.8) is 0 Å². The number of carboxylic acids is 1. The minimum absolute atomic E-state index is 0.0487. The van der Waals surface area contributed by atoms with Crippen molar-refractivity contribution in [2.75, 3.05) is 6.61 Å². The summed E-state index contributed by atoms with van der Waals surface area (Å²) in [4.78, 5) is 22.5. The Hall–Kier alpha value is -2.62. The number of allylic oxidation sites excluding steroid dienone is 2. The Morgan fingerprint density at radius 2 is 2.07 bits per heavy atom. The highest BCUT2D eigenvalue weighted by molar-refractivity contribution is 5.88. The van der Waals surface area contributed by atoms with E-state index in [0.29, 0.717) is 32.1 Å². The third-order valence-corrected chi connectivity index (χ3v) is 4.47. The molecular weight excluding hydrogens is 344 g/mol. The van der Waals surface area contributed by atoms with E-state index in [1.54, 1.807) is 6.08 Å². The molecule has 0 bridgehead atoms. The van der Waals surface area contributed by atoms with Gasteiger partial charge in [-0.1, -0.05) is 29.8 Å². The number of carbonyl (C=O) groups excluding carboxylic acids is 1. The molecule has 2 rings (SSSR count). The molecule has 27 heavy (non-hydrogen) atoms. The van der Waals surface area contributed by atoms with Gasteiger partial charge >= 0.3 is 5.97 Å². The first-order valence-electron chi connectivity index (χ1n) is 9.25. The highest BCUT2D eigenvalue weighted by Crippen LogP contribution is 2.30. The molecule has 0 radical (unpaired) electrons. The van der Waals surface area contributed by atoms with Gasteiger partial charge in [0.2, 0.25) is 0 Å². The van der Waals surface area contributed by atoms with Crippen molar-refractivity contribution in [2.24, 2.45) is 5.92 Å². The van der Waals surface area contributed by atoms with E-state index in [1.165, 1.54) is 6.08 Å². The van der Waals surface area contributed by atoms with Gasteiger partial charge in [0.15, 0.2) is 0 Å². The van der Waals surface area contributed by atoms with E-state index in [1.807, 2.05) is 36.4 Å². The number of para-hydroxylation sites is 1. The summed E-state index contributed by atoms with van der Waals surface area (Å²) in [5.41, 5.74) is 3.92. The van der Waals surface area contributed by atoms with Gasteiger partial charge in [-0.25, -0.2) is 0 Å². The van der Waals surface area contributed by atoms with E-state index < -0.39 is 12.1 Å². The highest BCUT2D eigenvalue weighted by atomic mass is 16.5. The van der Waals surface area contributed by atoms with Crippen LogP contribution in [0.3, 0.4) is 0 Å². The van der Waals surface area contributed by atoms with E-state index in [2.05, 4.69) is 5.73 Å². The Balaban J connectivity index is 1.73. The first kappa shape index (κ1) is 20.7. The Morgan fingerprint density at radius 3 is 2.81 bits per heavy atom. The number of aliphatic carboxylic acids is 1. The number of aliphatic hydroxyl groups excluding tert-OH is 1. The second-order valence-electron chi connectivity index (χ2n) is 6.57. The van der Waals surface area contributed by atoms with Crippen LogP contribution in [0, 0.1) is 5.92 Å². The third-order valence-electron chi connectivity index (χ3n) is 4.47. The number of Topliss-reactive ketones (excluding diaryl/α,β-unsaturated/α-hetero) is 1. The molecule has 2 atom stereocenters. The number of hydrogen-bond acceptors (Lipinski definition) is 4. The Bertz CT molecular complexity index is 713. The van der Waals surface area contributed by atoms with Crippen LogP contribution in [-0.2, 0) is 9.59 Å². The lowest BCUT2D eigenvalue weighted by atomic mass is 9.91. The lowest BCUT2D eigenvalue weighted by molar-refractivity contribution is -0.136. The van der Waals surface area contributed by atoms with E-state index in [4.69, 9.17) is 9.84 Å². The SMILES string of the molecule is O=C(O)CC=C=CCC[C@H]1C(=O)CC=C1CC[C@H](O)COc1ccccc1. The van der Waals surface area contributed by atoms with Gasteiger partial charge < -0.3 is 14.9 Å². The normalized spacial score (nSPS) is 17.0. The molecule has 0 aromatic heterocycles. The molecule has 5 nitrogen and oxygen atoms in total. The van der Waals surface area contributed by atoms with Gasteiger partial charge in [0.25, 0.3) is 0 Å². The average molecular weight is 370 g/mol. The standard InChI is InChI=1S/C22H26O5/c23-18(16-27-19-8-4-3-5-9-19)14-12-17-13-15-21(24)20(17)10-6-1-2-7-11-22(25)26/h1,3-5,7-9,13,18,20,23H,6,10-12,14-16H2,(H,25,26)/t2?,18-,20+/m0/s1. The predicted octanol–water partition coefficient (Wildman–Crippen LogP) is 3.69. The van der Waals surface area contributed by atoms with Crippen molar-refractivity contribution < 1.29 is 24.5 Å². The Morgan fingerprint density at radius 1 is 1.30 bits per heavy atom. The molecule has 144 valence electrons. The zero-order valence-corrected chi connectivity index (χ0v) is 15.3. The number of benzene rings is 1. The molecule has 0 unspecified atom stereocenters. The van der Waals surface area contributed by atoms with Gasteiger partial charge in [-0.2, -0.15) is 0 Å².